The van der Waals surface area contributed by atoms with Crippen molar-refractivity contribution in [2.24, 2.45) is 5.92 Å². The third kappa shape index (κ3) is 5.87. The van der Waals surface area contributed by atoms with Crippen LogP contribution in [0.15, 0.2) is 30.3 Å². The molecule has 1 aromatic carbocycles. The predicted molar refractivity (Wildman–Crippen MR) is 142 cm³/mol. The number of anilines is 2. The summed E-state index contributed by atoms with van der Waals surface area (Å²) >= 11 is 1.22. The minimum absolute atomic E-state index is 0.0783. The van der Waals surface area contributed by atoms with E-state index in [0.29, 0.717) is 28.8 Å². The van der Waals surface area contributed by atoms with Crippen LogP contribution in [0.1, 0.15) is 51.9 Å². The lowest BCUT2D eigenvalue weighted by molar-refractivity contribution is -0.142. The Morgan fingerprint density at radius 1 is 1.08 bits per heavy atom. The number of amides is 3. The third-order valence-corrected chi connectivity index (χ3v) is 8.08. The largest absolute Gasteiger partial charge is 0.375 e. The summed E-state index contributed by atoms with van der Waals surface area (Å²) in [6.45, 7) is 2.27. The molecule has 0 spiro atoms. The van der Waals surface area contributed by atoms with Gasteiger partial charge >= 0.3 is 0 Å². The third-order valence-electron chi connectivity index (χ3n) is 7.28. The van der Waals surface area contributed by atoms with Crippen LogP contribution >= 0.6 is 11.3 Å². The molecule has 3 amide bonds. The second-order valence-electron chi connectivity index (χ2n) is 9.67. The fourth-order valence-electron chi connectivity index (χ4n) is 5.15. The molecule has 10 heteroatoms. The number of rotatable bonds is 8. The highest BCUT2D eigenvalue weighted by Gasteiger charge is 2.41. The van der Waals surface area contributed by atoms with Crippen LogP contribution in [-0.2, 0) is 14.4 Å². The number of nitrogen functional groups attached to an aromatic ring is 1. The first-order valence-electron chi connectivity index (χ1n) is 12.8. The summed E-state index contributed by atoms with van der Waals surface area (Å²) in [6, 6.07) is 7.92. The lowest BCUT2D eigenvalue weighted by Gasteiger charge is -2.35. The van der Waals surface area contributed by atoms with Crippen LogP contribution in [-0.4, -0.2) is 59.3 Å². The first kappa shape index (κ1) is 26.1. The highest BCUT2D eigenvalue weighted by atomic mass is 32.1. The smallest absolute Gasteiger partial charge is 0.247 e. The summed E-state index contributed by atoms with van der Waals surface area (Å²) in [5.41, 5.74) is 7.45. The van der Waals surface area contributed by atoms with Gasteiger partial charge in [-0.3, -0.25) is 14.4 Å². The number of nitrogens with one attached hydrogen (secondary N) is 3. The van der Waals surface area contributed by atoms with Gasteiger partial charge in [0.2, 0.25) is 17.7 Å². The Morgan fingerprint density at radius 2 is 1.81 bits per heavy atom. The van der Waals surface area contributed by atoms with Crippen LogP contribution in [0.5, 0.6) is 0 Å². The van der Waals surface area contributed by atoms with Crippen LogP contribution in [0.4, 0.5) is 10.1 Å². The van der Waals surface area contributed by atoms with Crippen molar-refractivity contribution in [1.29, 1.82) is 0 Å². The van der Waals surface area contributed by atoms with E-state index in [2.05, 4.69) is 20.9 Å². The van der Waals surface area contributed by atoms with Crippen LogP contribution in [0, 0.1) is 5.92 Å². The van der Waals surface area contributed by atoms with Crippen molar-refractivity contribution in [3.8, 4) is 11.3 Å². The Labute approximate surface area is 216 Å². The SMILES string of the molecule is CN[C@@H](C)C(=O)N[C@H](C(=O)N1CCC[C@H]1C(=O)Nc1sc(N)nc1-c1ccccc1)C1CCCCC1. The molecule has 2 aromatic rings. The second-order valence-corrected chi connectivity index (χ2v) is 10.7. The molecule has 1 saturated heterocycles. The van der Waals surface area contributed by atoms with Crippen LogP contribution in [0.2, 0.25) is 0 Å². The number of carbonyl (C=O) groups excluding carboxylic acids is 3. The summed E-state index contributed by atoms with van der Waals surface area (Å²) in [5.74, 6) is -0.536. The molecule has 0 radical (unpaired) electrons. The van der Waals surface area contributed by atoms with E-state index in [0.717, 1.165) is 44.1 Å². The molecule has 1 aliphatic heterocycles. The number of nitrogens with zero attached hydrogens (tertiary/aromatic N) is 2. The minimum Gasteiger partial charge on any atom is -0.375 e. The molecule has 1 aromatic heterocycles. The Hall–Kier alpha value is -2.98. The molecule has 1 saturated carbocycles. The Balaban J connectivity index is 1.52. The zero-order valence-electron chi connectivity index (χ0n) is 21.0. The van der Waals surface area contributed by atoms with Crippen molar-refractivity contribution in [3.63, 3.8) is 0 Å². The lowest BCUT2D eigenvalue weighted by Crippen LogP contribution is -2.57. The summed E-state index contributed by atoms with van der Waals surface area (Å²) in [5, 5.41) is 9.87. The average Bonchev–Trinajstić information content (AvgIpc) is 3.54. The number of hydrogen-bond donors (Lipinski definition) is 4. The molecule has 36 heavy (non-hydrogen) atoms. The van der Waals surface area contributed by atoms with Gasteiger partial charge in [0.1, 0.15) is 22.8 Å². The molecule has 2 aliphatic rings. The van der Waals surface area contributed by atoms with Crippen LogP contribution in [0.25, 0.3) is 11.3 Å². The minimum atomic E-state index is -0.624. The molecule has 3 atom stereocenters. The number of carbonyl (C=O) groups is 3. The van der Waals surface area contributed by atoms with Gasteiger partial charge in [-0.15, -0.1) is 0 Å². The van der Waals surface area contributed by atoms with Gasteiger partial charge in [0, 0.05) is 12.1 Å². The zero-order chi connectivity index (χ0) is 25.7. The maximum Gasteiger partial charge on any atom is 0.247 e. The monoisotopic (exact) mass is 512 g/mol. The Morgan fingerprint density at radius 3 is 2.50 bits per heavy atom. The average molecular weight is 513 g/mol. The molecule has 9 nitrogen and oxygen atoms in total. The molecule has 194 valence electrons. The van der Waals surface area contributed by atoms with E-state index in [1.165, 1.54) is 11.3 Å². The number of likely N-dealkylation sites (N-methyl/N-ethyl adjacent to an activating group) is 1. The Kier molecular flexibility index (Phi) is 8.58. The van der Waals surface area contributed by atoms with Crippen molar-refractivity contribution in [1.82, 2.24) is 20.5 Å². The summed E-state index contributed by atoms with van der Waals surface area (Å²) in [7, 11) is 1.72. The van der Waals surface area contributed by atoms with Crippen molar-refractivity contribution >= 4 is 39.2 Å². The number of nitrogens with two attached hydrogens (primary N) is 1. The van der Waals surface area contributed by atoms with E-state index in [1.807, 2.05) is 30.3 Å². The Bertz CT molecular complexity index is 1070. The topological polar surface area (TPSA) is 129 Å². The first-order chi connectivity index (χ1) is 17.4. The molecule has 4 rings (SSSR count). The normalized spacial score (nSPS) is 20.1. The first-order valence-corrected chi connectivity index (χ1v) is 13.6. The summed E-state index contributed by atoms with van der Waals surface area (Å²) in [4.78, 5) is 46.1. The second kappa shape index (κ2) is 11.8. The highest BCUT2D eigenvalue weighted by molar-refractivity contribution is 7.20. The van der Waals surface area contributed by atoms with Gasteiger partial charge in [0.25, 0.3) is 0 Å². The fourth-order valence-corrected chi connectivity index (χ4v) is 5.91. The van der Waals surface area contributed by atoms with Gasteiger partial charge in [-0.25, -0.2) is 4.98 Å². The maximum absolute atomic E-state index is 13.8. The molecule has 0 unspecified atom stereocenters. The summed E-state index contributed by atoms with van der Waals surface area (Å²) < 4.78 is 0. The molecule has 5 N–H and O–H groups in total. The molecule has 0 bridgehead atoms. The number of benzene rings is 1. The van der Waals surface area contributed by atoms with E-state index in [-0.39, 0.29) is 23.6 Å². The van der Waals surface area contributed by atoms with Crippen molar-refractivity contribution < 1.29 is 14.4 Å². The molecular weight excluding hydrogens is 476 g/mol. The molecule has 2 fully saturated rings. The van der Waals surface area contributed by atoms with Gasteiger partial charge in [0.15, 0.2) is 5.13 Å². The van der Waals surface area contributed by atoms with Gasteiger partial charge in [-0.2, -0.15) is 0 Å². The van der Waals surface area contributed by atoms with E-state index < -0.39 is 18.1 Å². The fraction of sp³-hybridized carbons (Fsp3) is 0.538. The standard InChI is InChI=1S/C26H36N6O3S/c1-16(28-2)22(33)29-21(18-12-7-4-8-13-18)25(35)32-15-9-14-19(32)23(34)31-24-20(30-26(27)36-24)17-10-5-3-6-11-17/h3,5-6,10-11,16,18-19,21,28H,4,7-9,12-15H2,1-2H3,(H2,27,30)(H,29,33)(H,31,34)/t16-,19-,21-/m0/s1. The number of likely N-dealkylation sites (tertiary alicyclic amines) is 1. The number of aromatic nitrogens is 1. The lowest BCUT2D eigenvalue weighted by atomic mass is 9.83. The highest BCUT2D eigenvalue weighted by Crippen LogP contribution is 2.35. The maximum atomic E-state index is 13.8. The number of hydrogen-bond acceptors (Lipinski definition) is 7. The van der Waals surface area contributed by atoms with Crippen molar-refractivity contribution in [2.45, 2.75) is 70.0 Å². The van der Waals surface area contributed by atoms with E-state index in [9.17, 15) is 14.4 Å². The van der Waals surface area contributed by atoms with Gasteiger partial charge in [-0.1, -0.05) is 60.9 Å². The van der Waals surface area contributed by atoms with E-state index >= 15 is 0 Å². The summed E-state index contributed by atoms with van der Waals surface area (Å²) in [6.07, 6.45) is 6.35. The van der Waals surface area contributed by atoms with Gasteiger partial charge < -0.3 is 26.6 Å². The zero-order valence-corrected chi connectivity index (χ0v) is 21.8. The van der Waals surface area contributed by atoms with Gasteiger partial charge in [0.05, 0.1) is 6.04 Å². The molecular formula is C26H36N6O3S. The number of thiazole rings is 1. The molecule has 2 heterocycles. The van der Waals surface area contributed by atoms with Gasteiger partial charge in [-0.05, 0) is 45.6 Å². The van der Waals surface area contributed by atoms with E-state index in [1.54, 1.807) is 18.9 Å². The molecule has 1 aliphatic carbocycles. The van der Waals surface area contributed by atoms with Crippen LogP contribution < -0.4 is 21.7 Å². The quantitative estimate of drug-likeness (QED) is 0.430. The predicted octanol–water partition coefficient (Wildman–Crippen LogP) is 2.99. The van der Waals surface area contributed by atoms with Crippen LogP contribution in [0.3, 0.4) is 0 Å². The van der Waals surface area contributed by atoms with Crippen molar-refractivity contribution in [2.75, 3.05) is 24.6 Å². The van der Waals surface area contributed by atoms with Crippen molar-refractivity contribution in [3.05, 3.63) is 30.3 Å². The van der Waals surface area contributed by atoms with E-state index in [4.69, 9.17) is 5.73 Å².